The molecule has 6 nitrogen and oxygen atoms in total. The van der Waals surface area contributed by atoms with Gasteiger partial charge < -0.3 is 0 Å². The van der Waals surface area contributed by atoms with Crippen molar-refractivity contribution in [1.82, 2.24) is 4.98 Å². The number of halogens is 1. The number of allylic oxidation sites excluding steroid dienone is 1. The highest BCUT2D eigenvalue weighted by Gasteiger charge is 2.38. The van der Waals surface area contributed by atoms with Crippen LogP contribution in [0, 0.1) is 5.92 Å². The van der Waals surface area contributed by atoms with Crippen LogP contribution in [-0.2, 0) is 26.1 Å². The maximum absolute atomic E-state index is 13.3. The molecule has 33 heavy (non-hydrogen) atoms. The zero-order valence-corrected chi connectivity index (χ0v) is 20.3. The van der Waals surface area contributed by atoms with Crippen LogP contribution in [0.25, 0.3) is 5.57 Å². The van der Waals surface area contributed by atoms with Crippen LogP contribution in [0.2, 0.25) is 0 Å². The highest BCUT2D eigenvalue weighted by atomic mass is 32.2. The number of aromatic nitrogens is 1. The Kier molecular flexibility index (Phi) is 6.81. The summed E-state index contributed by atoms with van der Waals surface area (Å²) in [6.45, 7) is 3.14. The van der Waals surface area contributed by atoms with E-state index < -0.39 is 22.4 Å². The minimum Gasteiger partial charge on any atom is -0.300 e. The number of anilines is 1. The molecule has 2 saturated carbocycles. The topological polar surface area (TPSA) is 93.2 Å². The molecule has 2 fully saturated rings. The van der Waals surface area contributed by atoms with Gasteiger partial charge in [0, 0.05) is 23.8 Å². The number of hydrogen-bond donors (Lipinski definition) is 1. The fraction of sp³-hybridized carbons (Fsp3) is 0.458. The third-order valence-corrected chi connectivity index (χ3v) is 9.19. The van der Waals surface area contributed by atoms with Gasteiger partial charge in [0.25, 0.3) is 5.91 Å². The summed E-state index contributed by atoms with van der Waals surface area (Å²) >= 11 is 1.14. The molecule has 9 heteroatoms. The van der Waals surface area contributed by atoms with Gasteiger partial charge in [0.1, 0.15) is 12.5 Å². The molecule has 2 aliphatic carbocycles. The van der Waals surface area contributed by atoms with Gasteiger partial charge in [0.2, 0.25) is 0 Å². The number of nitrogens with zero attached hydrogens (tertiary/aromatic N) is 1. The second-order valence-electron chi connectivity index (χ2n) is 9.01. The van der Waals surface area contributed by atoms with Crippen LogP contribution < -0.4 is 5.32 Å². The van der Waals surface area contributed by atoms with Gasteiger partial charge in [-0.05, 0) is 54.4 Å². The number of rotatable bonds is 8. The number of sulfone groups is 1. The monoisotopic (exact) mass is 490 g/mol. The average molecular weight is 491 g/mol. The first-order valence-corrected chi connectivity index (χ1v) is 13.5. The van der Waals surface area contributed by atoms with Crippen LogP contribution in [0.4, 0.5) is 9.52 Å². The van der Waals surface area contributed by atoms with Crippen LogP contribution in [0.15, 0.2) is 34.6 Å². The Bertz CT molecular complexity index is 1210. The van der Waals surface area contributed by atoms with Gasteiger partial charge in [-0.25, -0.2) is 17.8 Å². The largest absolute Gasteiger partial charge is 0.300 e. The van der Waals surface area contributed by atoms with E-state index in [9.17, 15) is 22.4 Å². The molecule has 1 aromatic heterocycles. The first kappa shape index (κ1) is 23.8. The average Bonchev–Trinajstić information content (AvgIpc) is 3.43. The molecule has 0 saturated heterocycles. The first-order chi connectivity index (χ1) is 15.7. The van der Waals surface area contributed by atoms with Crippen LogP contribution in [-0.4, -0.2) is 30.3 Å². The van der Waals surface area contributed by atoms with E-state index in [-0.39, 0.29) is 33.7 Å². The smallest absolute Gasteiger partial charge is 0.257 e. The van der Waals surface area contributed by atoms with E-state index in [2.05, 4.69) is 10.3 Å². The van der Waals surface area contributed by atoms with E-state index in [1.165, 1.54) is 0 Å². The van der Waals surface area contributed by atoms with E-state index in [0.29, 0.717) is 53.7 Å². The molecule has 1 N–H and O–H groups in total. The van der Waals surface area contributed by atoms with Gasteiger partial charge >= 0.3 is 0 Å². The van der Waals surface area contributed by atoms with Gasteiger partial charge in [-0.2, -0.15) is 0 Å². The van der Waals surface area contributed by atoms with Crippen molar-refractivity contribution < 1.29 is 22.4 Å². The third-order valence-electron chi connectivity index (χ3n) is 6.05. The highest BCUT2D eigenvalue weighted by Crippen LogP contribution is 2.38. The summed E-state index contributed by atoms with van der Waals surface area (Å²) in [5.74, 6) is -0.371. The van der Waals surface area contributed by atoms with Crippen LogP contribution in [0.1, 0.15) is 68.7 Å². The van der Waals surface area contributed by atoms with Crippen molar-refractivity contribution in [3.63, 3.8) is 0 Å². The highest BCUT2D eigenvalue weighted by molar-refractivity contribution is 7.92. The third kappa shape index (κ3) is 5.24. The Labute approximate surface area is 197 Å². The zero-order valence-electron chi connectivity index (χ0n) is 18.6. The normalized spacial score (nSPS) is 19.3. The van der Waals surface area contributed by atoms with Gasteiger partial charge in [-0.3, -0.25) is 14.9 Å². The molecule has 2 aliphatic rings. The molecule has 1 heterocycles. The Morgan fingerprint density at radius 1 is 1.30 bits per heavy atom. The molecule has 1 amide bonds. The van der Waals surface area contributed by atoms with E-state index in [1.54, 1.807) is 29.7 Å². The molecule has 176 valence electrons. The summed E-state index contributed by atoms with van der Waals surface area (Å²) < 4.78 is 38.8. The number of Topliss-reactive ketones (excluding diaryl/α,β-unsaturated/α-hetero) is 1. The maximum Gasteiger partial charge on any atom is 0.257 e. The number of benzene rings is 1. The van der Waals surface area contributed by atoms with E-state index in [0.717, 1.165) is 11.3 Å². The second kappa shape index (κ2) is 9.46. The lowest BCUT2D eigenvalue weighted by molar-refractivity contribution is -0.117. The molecular formula is C24H27FN2O4S2. The summed E-state index contributed by atoms with van der Waals surface area (Å²) in [7, 11) is -3.39. The molecule has 1 aromatic carbocycles. The fourth-order valence-corrected chi connectivity index (χ4v) is 6.78. The molecule has 2 aromatic rings. The molecule has 0 aliphatic heterocycles. The lowest BCUT2D eigenvalue weighted by Crippen LogP contribution is -2.16. The maximum atomic E-state index is 13.3. The quantitative estimate of drug-likeness (QED) is 0.522. The Morgan fingerprint density at radius 3 is 2.64 bits per heavy atom. The van der Waals surface area contributed by atoms with Gasteiger partial charge in [-0.15, -0.1) is 11.3 Å². The minimum absolute atomic E-state index is 0.0584. The minimum atomic E-state index is -3.39. The number of carbonyl (C=O) groups is 2. The van der Waals surface area contributed by atoms with Crippen molar-refractivity contribution in [2.45, 2.75) is 68.7 Å². The van der Waals surface area contributed by atoms with Crippen molar-refractivity contribution in [2.75, 3.05) is 5.32 Å². The zero-order chi connectivity index (χ0) is 23.8. The number of thiazole rings is 1. The SMILES string of the molecule is CC(C)c1cc(/C(=C\[C@H]2CCC(=O)C2)C(=O)Nc2nc(CF)cs2)ccc1S(=O)(=O)C1CC1. The molecule has 4 rings (SSSR count). The predicted octanol–water partition coefficient (Wildman–Crippen LogP) is 5.06. The van der Waals surface area contributed by atoms with E-state index >= 15 is 0 Å². The number of hydrogen-bond acceptors (Lipinski definition) is 6. The molecule has 0 radical (unpaired) electrons. The van der Waals surface area contributed by atoms with Crippen LogP contribution in [0.3, 0.4) is 0 Å². The lowest BCUT2D eigenvalue weighted by Gasteiger charge is -2.17. The summed E-state index contributed by atoms with van der Waals surface area (Å²) in [6.07, 6.45) is 4.70. The van der Waals surface area contributed by atoms with Crippen LogP contribution >= 0.6 is 11.3 Å². The summed E-state index contributed by atoms with van der Waals surface area (Å²) in [6, 6.07) is 5.04. The van der Waals surface area contributed by atoms with E-state index in [1.807, 2.05) is 13.8 Å². The first-order valence-electron chi connectivity index (χ1n) is 11.1. The molecule has 0 bridgehead atoms. The fourth-order valence-electron chi connectivity index (χ4n) is 4.10. The number of amides is 1. The van der Waals surface area contributed by atoms with Gasteiger partial charge in [0.05, 0.1) is 15.8 Å². The van der Waals surface area contributed by atoms with Crippen molar-refractivity contribution in [3.05, 3.63) is 46.5 Å². The summed E-state index contributed by atoms with van der Waals surface area (Å²) in [4.78, 5) is 29.4. The Hall–Kier alpha value is -2.39. The molecule has 1 atom stereocenters. The summed E-state index contributed by atoms with van der Waals surface area (Å²) in [5, 5.41) is 4.25. The molecule has 0 spiro atoms. The standard InChI is InChI=1S/C24H27FN2O4S2/c1-14(2)20-11-16(4-8-22(20)33(30,31)19-6-7-19)21(10-15-3-5-18(28)9-15)23(29)27-24-26-17(12-25)13-32-24/h4,8,10-11,13-15,19H,3,5-7,9,12H2,1-2H3,(H,26,27,29)/b21-10+/t15-/m0/s1. The second-order valence-corrected chi connectivity index (χ2v) is 12.1. The number of nitrogens with one attached hydrogen (secondary N) is 1. The van der Waals surface area contributed by atoms with E-state index in [4.69, 9.17) is 0 Å². The Balaban J connectivity index is 1.73. The molecular weight excluding hydrogens is 463 g/mol. The van der Waals surface area contributed by atoms with Gasteiger partial charge in [0.15, 0.2) is 15.0 Å². The summed E-state index contributed by atoms with van der Waals surface area (Å²) in [5.41, 5.74) is 1.88. The number of alkyl halides is 1. The Morgan fingerprint density at radius 2 is 2.06 bits per heavy atom. The number of carbonyl (C=O) groups excluding carboxylic acids is 2. The van der Waals surface area contributed by atoms with Crippen molar-refractivity contribution in [3.8, 4) is 0 Å². The van der Waals surface area contributed by atoms with Crippen molar-refractivity contribution in [1.29, 1.82) is 0 Å². The van der Waals surface area contributed by atoms with Crippen LogP contribution in [0.5, 0.6) is 0 Å². The lowest BCUT2D eigenvalue weighted by atomic mass is 9.94. The predicted molar refractivity (Wildman–Crippen MR) is 127 cm³/mol. The van der Waals surface area contributed by atoms with Gasteiger partial charge in [-0.1, -0.05) is 26.0 Å². The van der Waals surface area contributed by atoms with Crippen molar-refractivity contribution >= 4 is 43.6 Å². The molecule has 0 unspecified atom stereocenters. The number of ketones is 1. The van der Waals surface area contributed by atoms with Crippen molar-refractivity contribution in [2.24, 2.45) is 5.92 Å².